The van der Waals surface area contributed by atoms with Crippen molar-refractivity contribution in [3.8, 4) is 0 Å². The summed E-state index contributed by atoms with van der Waals surface area (Å²) >= 11 is 5.30. The van der Waals surface area contributed by atoms with Crippen LogP contribution in [0.4, 0.5) is 0 Å². The minimum absolute atomic E-state index is 0.547. The van der Waals surface area contributed by atoms with Crippen LogP contribution in [0.15, 0.2) is 15.9 Å². The molecule has 1 nitrogen and oxygen atoms in total. The molecule has 1 aromatic rings. The molecule has 0 amide bonds. The van der Waals surface area contributed by atoms with E-state index in [1.165, 1.54) is 21.5 Å². The summed E-state index contributed by atoms with van der Waals surface area (Å²) in [6.07, 6.45) is 4.62. The van der Waals surface area contributed by atoms with Crippen LogP contribution < -0.4 is 0 Å². The van der Waals surface area contributed by atoms with Gasteiger partial charge in [0.2, 0.25) is 0 Å². The minimum Gasteiger partial charge on any atom is -0.370 e. The molecule has 0 radical (unpaired) electrons. The Hall–Kier alpha value is 0.140. The molecule has 1 fully saturated rings. The van der Waals surface area contributed by atoms with E-state index in [1.807, 2.05) is 11.3 Å². The van der Waals surface area contributed by atoms with Gasteiger partial charge in [-0.3, -0.25) is 0 Å². The molecule has 2 heterocycles. The fourth-order valence-electron chi connectivity index (χ4n) is 1.56. The first-order valence-corrected chi connectivity index (χ1v) is 6.30. The van der Waals surface area contributed by atoms with Crippen LogP contribution in [0.3, 0.4) is 0 Å². The second-order valence-corrected chi connectivity index (χ2v) is 5.91. The smallest absolute Gasteiger partial charge is 0.0845 e. The summed E-state index contributed by atoms with van der Waals surface area (Å²) in [5, 5.41) is 0. The monoisotopic (exact) mass is 260 g/mol. The van der Waals surface area contributed by atoms with Gasteiger partial charge >= 0.3 is 0 Å². The predicted molar refractivity (Wildman–Crippen MR) is 59.3 cm³/mol. The van der Waals surface area contributed by atoms with E-state index in [1.54, 1.807) is 0 Å². The number of epoxide rings is 1. The van der Waals surface area contributed by atoms with E-state index in [4.69, 9.17) is 4.74 Å². The summed E-state index contributed by atoms with van der Waals surface area (Å²) in [5.41, 5.74) is 0. The van der Waals surface area contributed by atoms with E-state index in [0.717, 1.165) is 6.42 Å². The van der Waals surface area contributed by atoms with Gasteiger partial charge in [-0.25, -0.2) is 0 Å². The van der Waals surface area contributed by atoms with E-state index in [9.17, 15) is 0 Å². The first-order valence-electron chi connectivity index (χ1n) is 4.69. The van der Waals surface area contributed by atoms with E-state index >= 15 is 0 Å². The third-order valence-corrected chi connectivity index (χ3v) is 4.08. The summed E-state index contributed by atoms with van der Waals surface area (Å²) in [4.78, 5) is 1.46. The molecule has 1 saturated heterocycles. The lowest BCUT2D eigenvalue weighted by Crippen LogP contribution is -1.93. The third kappa shape index (κ3) is 2.55. The van der Waals surface area contributed by atoms with Crippen molar-refractivity contribution in [2.24, 2.45) is 0 Å². The van der Waals surface area contributed by atoms with Gasteiger partial charge in [0.1, 0.15) is 0 Å². The SMILES string of the molecule is CCC1OC1CCc1ccc(Br)s1. The van der Waals surface area contributed by atoms with Gasteiger partial charge in [-0.05, 0) is 47.3 Å². The second kappa shape index (κ2) is 4.11. The summed E-state index contributed by atoms with van der Waals surface area (Å²) in [7, 11) is 0. The Morgan fingerprint density at radius 1 is 1.46 bits per heavy atom. The largest absolute Gasteiger partial charge is 0.370 e. The number of hydrogen-bond donors (Lipinski definition) is 0. The van der Waals surface area contributed by atoms with Crippen LogP contribution >= 0.6 is 27.3 Å². The van der Waals surface area contributed by atoms with Gasteiger partial charge in [0.05, 0.1) is 16.0 Å². The van der Waals surface area contributed by atoms with Crippen LogP contribution in [-0.2, 0) is 11.2 Å². The Kier molecular flexibility index (Phi) is 3.06. The quantitative estimate of drug-likeness (QED) is 0.754. The van der Waals surface area contributed by atoms with Gasteiger partial charge in [0.15, 0.2) is 0 Å². The van der Waals surface area contributed by atoms with E-state index in [2.05, 4.69) is 35.0 Å². The second-order valence-electron chi connectivity index (χ2n) is 3.37. The Bertz CT molecular complexity index is 284. The molecule has 2 unspecified atom stereocenters. The minimum atomic E-state index is 0.547. The number of halogens is 1. The molecule has 2 rings (SSSR count). The summed E-state index contributed by atoms with van der Waals surface area (Å²) in [6.45, 7) is 2.19. The zero-order chi connectivity index (χ0) is 9.26. The van der Waals surface area contributed by atoms with Crippen molar-refractivity contribution in [3.05, 3.63) is 20.8 Å². The van der Waals surface area contributed by atoms with Crippen LogP contribution in [0.25, 0.3) is 0 Å². The van der Waals surface area contributed by atoms with Crippen LogP contribution in [0.2, 0.25) is 0 Å². The highest BCUT2D eigenvalue weighted by Crippen LogP contribution is 2.31. The van der Waals surface area contributed by atoms with E-state index in [0.29, 0.717) is 12.2 Å². The highest BCUT2D eigenvalue weighted by Gasteiger charge is 2.36. The van der Waals surface area contributed by atoms with Crippen LogP contribution in [-0.4, -0.2) is 12.2 Å². The van der Waals surface area contributed by atoms with Gasteiger partial charge in [-0.2, -0.15) is 0 Å². The fraction of sp³-hybridized carbons (Fsp3) is 0.600. The lowest BCUT2D eigenvalue weighted by molar-refractivity contribution is 0.360. The van der Waals surface area contributed by atoms with Crippen molar-refractivity contribution >= 4 is 27.3 Å². The van der Waals surface area contributed by atoms with Crippen LogP contribution in [0, 0.1) is 0 Å². The van der Waals surface area contributed by atoms with E-state index in [-0.39, 0.29) is 0 Å². The normalized spacial score (nSPS) is 26.3. The predicted octanol–water partition coefficient (Wildman–Crippen LogP) is 3.62. The highest BCUT2D eigenvalue weighted by molar-refractivity contribution is 9.11. The highest BCUT2D eigenvalue weighted by atomic mass is 79.9. The molecule has 13 heavy (non-hydrogen) atoms. The molecule has 1 aliphatic rings. The molecule has 0 bridgehead atoms. The lowest BCUT2D eigenvalue weighted by Gasteiger charge is -1.92. The average molecular weight is 261 g/mol. The number of ether oxygens (including phenoxy) is 1. The molecule has 2 atom stereocenters. The Balaban J connectivity index is 1.75. The molecule has 0 saturated carbocycles. The number of hydrogen-bond acceptors (Lipinski definition) is 2. The Labute approximate surface area is 91.2 Å². The van der Waals surface area contributed by atoms with Crippen LogP contribution in [0.1, 0.15) is 24.6 Å². The first kappa shape index (κ1) is 9.69. The maximum absolute atomic E-state index is 5.49. The number of thiophene rings is 1. The maximum atomic E-state index is 5.49. The van der Waals surface area contributed by atoms with Crippen molar-refractivity contribution in [2.75, 3.05) is 0 Å². The molecule has 3 heteroatoms. The third-order valence-electron chi connectivity index (χ3n) is 2.39. The number of aryl methyl sites for hydroxylation is 1. The summed E-state index contributed by atoms with van der Waals surface area (Å²) in [6, 6.07) is 4.31. The van der Waals surface area contributed by atoms with Crippen molar-refractivity contribution in [3.63, 3.8) is 0 Å². The summed E-state index contributed by atoms with van der Waals surface area (Å²) < 4.78 is 6.72. The molecule has 0 aromatic carbocycles. The standard InChI is InChI=1S/C10H13BrOS/c1-2-8-9(12-8)5-3-7-4-6-10(11)13-7/h4,6,8-9H,2-3,5H2,1H3. The Morgan fingerprint density at radius 3 is 2.85 bits per heavy atom. The van der Waals surface area contributed by atoms with Crippen molar-refractivity contribution in [1.29, 1.82) is 0 Å². The van der Waals surface area contributed by atoms with Crippen molar-refractivity contribution < 1.29 is 4.74 Å². The van der Waals surface area contributed by atoms with Gasteiger partial charge in [-0.15, -0.1) is 11.3 Å². The molecule has 72 valence electrons. The molecular weight excluding hydrogens is 248 g/mol. The maximum Gasteiger partial charge on any atom is 0.0845 e. The van der Waals surface area contributed by atoms with Gasteiger partial charge in [0.25, 0.3) is 0 Å². The molecular formula is C10H13BrOS. The van der Waals surface area contributed by atoms with Crippen molar-refractivity contribution in [2.45, 2.75) is 38.4 Å². The van der Waals surface area contributed by atoms with Crippen LogP contribution in [0.5, 0.6) is 0 Å². The molecule has 0 spiro atoms. The fourth-order valence-corrected chi connectivity index (χ4v) is 3.06. The topological polar surface area (TPSA) is 12.5 Å². The zero-order valence-electron chi connectivity index (χ0n) is 7.63. The molecule has 1 aromatic heterocycles. The Morgan fingerprint density at radius 2 is 2.31 bits per heavy atom. The first-order chi connectivity index (χ1) is 6.29. The average Bonchev–Trinajstić information content (AvgIpc) is 2.78. The summed E-state index contributed by atoms with van der Waals surface area (Å²) in [5.74, 6) is 0. The molecule has 0 aliphatic carbocycles. The number of rotatable bonds is 4. The van der Waals surface area contributed by atoms with Gasteiger partial charge in [-0.1, -0.05) is 6.92 Å². The van der Waals surface area contributed by atoms with E-state index < -0.39 is 0 Å². The van der Waals surface area contributed by atoms with Gasteiger partial charge in [0, 0.05) is 4.88 Å². The molecule has 0 N–H and O–H groups in total. The van der Waals surface area contributed by atoms with Crippen molar-refractivity contribution in [1.82, 2.24) is 0 Å². The van der Waals surface area contributed by atoms with Gasteiger partial charge < -0.3 is 4.74 Å². The molecule has 1 aliphatic heterocycles. The lowest BCUT2D eigenvalue weighted by atomic mass is 10.1. The zero-order valence-corrected chi connectivity index (χ0v) is 10.0.